The van der Waals surface area contributed by atoms with E-state index in [1.54, 1.807) is 4.90 Å². The Morgan fingerprint density at radius 1 is 1.44 bits per heavy atom. The summed E-state index contributed by atoms with van der Waals surface area (Å²) in [5.74, 6) is 0.275. The molecule has 0 aliphatic carbocycles. The van der Waals surface area contributed by atoms with Crippen LogP contribution in [0.4, 0.5) is 10.2 Å². The summed E-state index contributed by atoms with van der Waals surface area (Å²) in [6.07, 6.45) is 1.52. The van der Waals surface area contributed by atoms with E-state index in [1.165, 1.54) is 12.3 Å². The molecule has 0 amide bonds. The lowest BCUT2D eigenvalue weighted by Gasteiger charge is -2.29. The van der Waals surface area contributed by atoms with Crippen molar-refractivity contribution in [1.29, 1.82) is 0 Å². The van der Waals surface area contributed by atoms with Crippen LogP contribution in [0.3, 0.4) is 0 Å². The highest BCUT2D eigenvalue weighted by atomic mass is 19.1. The van der Waals surface area contributed by atoms with Crippen LogP contribution in [0.15, 0.2) is 12.3 Å². The van der Waals surface area contributed by atoms with E-state index in [9.17, 15) is 4.39 Å². The van der Waals surface area contributed by atoms with E-state index in [4.69, 9.17) is 5.11 Å². The molecule has 4 heteroatoms. The maximum atomic E-state index is 13.9. The van der Waals surface area contributed by atoms with Crippen LogP contribution in [0.25, 0.3) is 0 Å². The van der Waals surface area contributed by atoms with Crippen molar-refractivity contribution in [1.82, 2.24) is 4.98 Å². The van der Waals surface area contributed by atoms with Gasteiger partial charge in [0.2, 0.25) is 0 Å². The van der Waals surface area contributed by atoms with Gasteiger partial charge in [-0.3, -0.25) is 0 Å². The van der Waals surface area contributed by atoms with Crippen LogP contribution in [0.1, 0.15) is 26.3 Å². The van der Waals surface area contributed by atoms with E-state index in [0.29, 0.717) is 11.7 Å². The largest absolute Gasteiger partial charge is 0.392 e. The molecule has 0 aliphatic heterocycles. The molecule has 1 unspecified atom stereocenters. The lowest BCUT2D eigenvalue weighted by atomic mass is 10.1. The average Bonchev–Trinajstić information content (AvgIpc) is 2.27. The molecule has 1 N–H and O–H groups in total. The van der Waals surface area contributed by atoms with E-state index in [-0.39, 0.29) is 18.2 Å². The smallest absolute Gasteiger partial charge is 0.171 e. The van der Waals surface area contributed by atoms with Gasteiger partial charge >= 0.3 is 0 Å². The fraction of sp³-hybridized carbons (Fsp3) is 0.583. The van der Waals surface area contributed by atoms with Gasteiger partial charge in [-0.05, 0) is 18.9 Å². The van der Waals surface area contributed by atoms with Crippen molar-refractivity contribution in [2.24, 2.45) is 5.92 Å². The molecule has 1 rings (SSSR count). The molecule has 0 saturated carbocycles. The molecule has 0 spiro atoms. The quantitative estimate of drug-likeness (QED) is 0.855. The van der Waals surface area contributed by atoms with Gasteiger partial charge in [-0.15, -0.1) is 0 Å². The van der Waals surface area contributed by atoms with Gasteiger partial charge < -0.3 is 10.0 Å². The molecule has 1 aromatic rings. The molecule has 1 atom stereocenters. The number of anilines is 1. The van der Waals surface area contributed by atoms with Crippen LogP contribution in [0, 0.1) is 11.7 Å². The maximum Gasteiger partial charge on any atom is 0.171 e. The summed E-state index contributed by atoms with van der Waals surface area (Å²) < 4.78 is 13.9. The van der Waals surface area contributed by atoms with Gasteiger partial charge in [-0.2, -0.15) is 0 Å². The number of nitrogens with zero attached hydrogens (tertiary/aromatic N) is 2. The van der Waals surface area contributed by atoms with Gasteiger partial charge in [0.25, 0.3) is 0 Å². The number of rotatable bonds is 4. The van der Waals surface area contributed by atoms with Gasteiger partial charge in [0.1, 0.15) is 0 Å². The van der Waals surface area contributed by atoms with Crippen LogP contribution in [0.5, 0.6) is 0 Å². The molecule has 1 aromatic heterocycles. The zero-order valence-corrected chi connectivity index (χ0v) is 10.2. The number of pyridine rings is 1. The van der Waals surface area contributed by atoms with Crippen molar-refractivity contribution in [3.8, 4) is 0 Å². The molecule has 0 saturated heterocycles. The Balaban J connectivity index is 3.04. The fourth-order valence-electron chi connectivity index (χ4n) is 1.48. The molecule has 0 aromatic carbocycles. The van der Waals surface area contributed by atoms with E-state index in [0.717, 1.165) is 0 Å². The van der Waals surface area contributed by atoms with Crippen LogP contribution in [-0.2, 0) is 6.61 Å². The molecule has 3 nitrogen and oxygen atoms in total. The first-order chi connectivity index (χ1) is 7.49. The monoisotopic (exact) mass is 226 g/mol. The SMILES string of the molecule is CC(C)C(C)N(C)c1nccc(CO)c1F. The zero-order valence-electron chi connectivity index (χ0n) is 10.2. The normalized spacial score (nSPS) is 12.9. The Morgan fingerprint density at radius 2 is 2.06 bits per heavy atom. The molecule has 0 radical (unpaired) electrons. The van der Waals surface area contributed by atoms with Gasteiger partial charge in [-0.25, -0.2) is 9.37 Å². The third kappa shape index (κ3) is 2.50. The van der Waals surface area contributed by atoms with Crippen LogP contribution in [0.2, 0.25) is 0 Å². The van der Waals surface area contributed by atoms with Crippen LogP contribution in [-0.4, -0.2) is 23.2 Å². The van der Waals surface area contributed by atoms with Gasteiger partial charge in [0, 0.05) is 24.8 Å². The highest BCUT2D eigenvalue weighted by Crippen LogP contribution is 2.22. The number of aromatic nitrogens is 1. The van der Waals surface area contributed by atoms with Crippen LogP contribution < -0.4 is 4.90 Å². The molecule has 0 bridgehead atoms. The average molecular weight is 226 g/mol. The second-order valence-corrected chi connectivity index (χ2v) is 4.36. The Bertz CT molecular complexity index is 355. The molecule has 90 valence electrons. The molecule has 1 heterocycles. The van der Waals surface area contributed by atoms with E-state index in [2.05, 4.69) is 18.8 Å². The predicted octanol–water partition coefficient (Wildman–Crippen LogP) is 2.19. The lowest BCUT2D eigenvalue weighted by Crippen LogP contribution is -2.34. The minimum Gasteiger partial charge on any atom is -0.392 e. The third-order valence-electron chi connectivity index (χ3n) is 3.03. The second-order valence-electron chi connectivity index (χ2n) is 4.36. The standard InChI is InChI=1S/C12H19FN2O/c1-8(2)9(3)15(4)12-11(13)10(7-16)5-6-14-12/h5-6,8-9,16H,7H2,1-4H3. The first kappa shape index (κ1) is 12.9. The second kappa shape index (κ2) is 5.25. The number of aliphatic hydroxyl groups excluding tert-OH is 1. The molecule has 16 heavy (non-hydrogen) atoms. The van der Waals surface area contributed by atoms with Crippen molar-refractivity contribution in [3.63, 3.8) is 0 Å². The number of hydrogen-bond donors (Lipinski definition) is 1. The summed E-state index contributed by atoms with van der Waals surface area (Å²) in [5.41, 5.74) is 0.285. The predicted molar refractivity (Wildman–Crippen MR) is 62.8 cm³/mol. The highest BCUT2D eigenvalue weighted by molar-refractivity contribution is 5.43. The number of halogens is 1. The van der Waals surface area contributed by atoms with E-state index >= 15 is 0 Å². The van der Waals surface area contributed by atoms with Gasteiger partial charge in [0.15, 0.2) is 11.6 Å². The van der Waals surface area contributed by atoms with Crippen molar-refractivity contribution >= 4 is 5.82 Å². The van der Waals surface area contributed by atoms with Crippen molar-refractivity contribution in [2.75, 3.05) is 11.9 Å². The van der Waals surface area contributed by atoms with E-state index < -0.39 is 5.82 Å². The number of hydrogen-bond acceptors (Lipinski definition) is 3. The summed E-state index contributed by atoms with van der Waals surface area (Å²) in [6, 6.07) is 1.68. The molecule has 0 fully saturated rings. The third-order valence-corrected chi connectivity index (χ3v) is 3.03. The minimum absolute atomic E-state index is 0.191. The summed E-state index contributed by atoms with van der Waals surface area (Å²) in [5, 5.41) is 8.99. The first-order valence-electron chi connectivity index (χ1n) is 5.46. The lowest BCUT2D eigenvalue weighted by molar-refractivity contribution is 0.275. The van der Waals surface area contributed by atoms with Crippen molar-refractivity contribution in [2.45, 2.75) is 33.4 Å². The summed E-state index contributed by atoms with van der Waals surface area (Å²) in [7, 11) is 1.82. The Labute approximate surface area is 95.9 Å². The summed E-state index contributed by atoms with van der Waals surface area (Å²) in [6.45, 7) is 5.88. The Hall–Kier alpha value is -1.16. The van der Waals surface area contributed by atoms with Crippen molar-refractivity contribution in [3.05, 3.63) is 23.6 Å². The molecule has 0 aliphatic rings. The first-order valence-corrected chi connectivity index (χ1v) is 5.46. The van der Waals surface area contributed by atoms with Gasteiger partial charge in [0.05, 0.1) is 6.61 Å². The minimum atomic E-state index is -0.431. The Morgan fingerprint density at radius 3 is 2.56 bits per heavy atom. The van der Waals surface area contributed by atoms with Gasteiger partial charge in [-0.1, -0.05) is 13.8 Å². The van der Waals surface area contributed by atoms with E-state index in [1.807, 2.05) is 14.0 Å². The summed E-state index contributed by atoms with van der Waals surface area (Å²) in [4.78, 5) is 5.83. The fourth-order valence-corrected chi connectivity index (χ4v) is 1.48. The highest BCUT2D eigenvalue weighted by Gasteiger charge is 2.19. The Kier molecular flexibility index (Phi) is 4.24. The van der Waals surface area contributed by atoms with Crippen molar-refractivity contribution < 1.29 is 9.50 Å². The van der Waals surface area contributed by atoms with Crippen LogP contribution >= 0.6 is 0 Å². The molecular formula is C12H19FN2O. The molecular weight excluding hydrogens is 207 g/mol. The zero-order chi connectivity index (χ0) is 12.3. The topological polar surface area (TPSA) is 36.4 Å². The number of aliphatic hydroxyl groups is 1. The summed E-state index contributed by atoms with van der Waals surface area (Å²) >= 11 is 0. The maximum absolute atomic E-state index is 13.9.